The molecule has 3 rings (SSSR count). The first kappa shape index (κ1) is 17.7. The van der Waals surface area contributed by atoms with Crippen LogP contribution in [-0.4, -0.2) is 24.0 Å². The van der Waals surface area contributed by atoms with Crippen LogP contribution >= 0.6 is 24.0 Å². The first-order valence-electron chi connectivity index (χ1n) is 7.79. The fourth-order valence-electron chi connectivity index (χ4n) is 2.89. The van der Waals surface area contributed by atoms with Gasteiger partial charge in [-0.25, -0.2) is 0 Å². The van der Waals surface area contributed by atoms with Gasteiger partial charge in [0.2, 0.25) is 0 Å². The Morgan fingerprint density at radius 3 is 2.70 bits per heavy atom. The third kappa shape index (κ3) is 4.92. The van der Waals surface area contributed by atoms with Crippen LogP contribution in [0.4, 0.5) is 0 Å². The molecule has 1 aliphatic rings. The van der Waals surface area contributed by atoms with Gasteiger partial charge in [0.15, 0.2) is 5.96 Å². The first-order valence-corrected chi connectivity index (χ1v) is 7.79. The van der Waals surface area contributed by atoms with E-state index in [0.29, 0.717) is 12.6 Å². The van der Waals surface area contributed by atoms with Gasteiger partial charge >= 0.3 is 0 Å². The Labute approximate surface area is 154 Å². The number of guanidine groups is 1. The molecule has 1 aromatic carbocycles. The van der Waals surface area contributed by atoms with Crippen LogP contribution < -0.4 is 10.6 Å². The number of aromatic nitrogens is 1. The molecule has 2 aromatic rings. The Balaban J connectivity index is 0.00000192. The maximum absolute atomic E-state index is 4.32. The Bertz CT molecular complexity index is 642. The van der Waals surface area contributed by atoms with E-state index >= 15 is 0 Å². The molecule has 0 saturated heterocycles. The molecule has 4 nitrogen and oxygen atoms in total. The van der Waals surface area contributed by atoms with Gasteiger partial charge in [-0.2, -0.15) is 0 Å². The lowest BCUT2D eigenvalue weighted by molar-refractivity contribution is 0.520. The number of halogens is 1. The molecule has 1 aliphatic carbocycles. The van der Waals surface area contributed by atoms with Gasteiger partial charge in [0.1, 0.15) is 0 Å². The Kier molecular flexibility index (Phi) is 6.83. The fraction of sp³-hybridized carbons (Fsp3) is 0.333. The second kappa shape index (κ2) is 8.86. The molecule has 0 saturated carbocycles. The molecule has 23 heavy (non-hydrogen) atoms. The number of hydrogen-bond acceptors (Lipinski definition) is 2. The summed E-state index contributed by atoms with van der Waals surface area (Å²) in [6.45, 7) is 0.684. The summed E-state index contributed by atoms with van der Waals surface area (Å²) in [7, 11) is 1.81. The quantitative estimate of drug-likeness (QED) is 0.455. The second-order valence-corrected chi connectivity index (χ2v) is 5.60. The molecule has 5 heteroatoms. The number of pyridine rings is 1. The number of aryl methyl sites for hydroxylation is 1. The molecule has 0 amide bonds. The van der Waals surface area contributed by atoms with Crippen LogP contribution in [0.2, 0.25) is 0 Å². The zero-order valence-corrected chi connectivity index (χ0v) is 15.7. The molecule has 0 radical (unpaired) electrons. The summed E-state index contributed by atoms with van der Waals surface area (Å²) in [5.74, 6) is 0.843. The molecule has 1 atom stereocenters. The summed E-state index contributed by atoms with van der Waals surface area (Å²) in [6, 6.07) is 15.1. The molecule has 1 unspecified atom stereocenters. The third-order valence-electron chi connectivity index (χ3n) is 4.07. The van der Waals surface area contributed by atoms with Gasteiger partial charge in [-0.05, 0) is 42.5 Å². The highest BCUT2D eigenvalue weighted by Gasteiger charge is 2.18. The van der Waals surface area contributed by atoms with Gasteiger partial charge < -0.3 is 10.6 Å². The predicted octanol–water partition coefficient (Wildman–Crippen LogP) is 2.92. The van der Waals surface area contributed by atoms with Gasteiger partial charge in [-0.15, -0.1) is 24.0 Å². The van der Waals surface area contributed by atoms with Crippen molar-refractivity contribution in [3.63, 3.8) is 0 Å². The van der Waals surface area contributed by atoms with E-state index in [1.807, 2.05) is 31.4 Å². The number of nitrogens with zero attached hydrogens (tertiary/aromatic N) is 2. The van der Waals surface area contributed by atoms with E-state index in [-0.39, 0.29) is 24.0 Å². The fourth-order valence-corrected chi connectivity index (χ4v) is 2.89. The van der Waals surface area contributed by atoms with E-state index in [2.05, 4.69) is 44.9 Å². The smallest absolute Gasteiger partial charge is 0.191 e. The lowest BCUT2D eigenvalue weighted by atomic mass is 9.88. The summed E-state index contributed by atoms with van der Waals surface area (Å²) in [4.78, 5) is 8.64. The maximum atomic E-state index is 4.32. The molecule has 1 aromatic heterocycles. The van der Waals surface area contributed by atoms with E-state index in [1.165, 1.54) is 11.1 Å². The number of aliphatic imine (C=N–C) groups is 1. The number of hydrogen-bond donors (Lipinski definition) is 2. The molecule has 2 N–H and O–H groups in total. The topological polar surface area (TPSA) is 49.3 Å². The van der Waals surface area contributed by atoms with Gasteiger partial charge in [0, 0.05) is 19.3 Å². The van der Waals surface area contributed by atoms with Crippen molar-refractivity contribution in [1.82, 2.24) is 15.6 Å². The van der Waals surface area contributed by atoms with Gasteiger partial charge in [-0.1, -0.05) is 30.3 Å². The Morgan fingerprint density at radius 1 is 1.17 bits per heavy atom. The summed E-state index contributed by atoms with van der Waals surface area (Å²) >= 11 is 0. The van der Waals surface area contributed by atoms with E-state index in [0.717, 1.165) is 30.9 Å². The molecule has 1 heterocycles. The van der Waals surface area contributed by atoms with Crippen molar-refractivity contribution in [3.8, 4) is 0 Å². The molecular weight excluding hydrogens is 399 g/mol. The summed E-state index contributed by atoms with van der Waals surface area (Å²) < 4.78 is 0. The first-order chi connectivity index (χ1) is 10.8. The van der Waals surface area contributed by atoms with Crippen molar-refractivity contribution >= 4 is 29.9 Å². The molecule has 122 valence electrons. The highest BCUT2D eigenvalue weighted by atomic mass is 127. The summed E-state index contributed by atoms with van der Waals surface area (Å²) in [5.41, 5.74) is 3.95. The Hall–Kier alpha value is -1.63. The van der Waals surface area contributed by atoms with Crippen LogP contribution in [0.15, 0.2) is 53.7 Å². The molecular formula is C18H23IN4. The van der Waals surface area contributed by atoms with Crippen LogP contribution in [-0.2, 0) is 19.4 Å². The maximum Gasteiger partial charge on any atom is 0.191 e. The minimum absolute atomic E-state index is 0. The summed E-state index contributed by atoms with van der Waals surface area (Å²) in [6.07, 6.45) is 5.14. The lowest BCUT2D eigenvalue weighted by Gasteiger charge is -2.27. The van der Waals surface area contributed by atoms with E-state index in [1.54, 1.807) is 0 Å². The van der Waals surface area contributed by atoms with E-state index in [4.69, 9.17) is 0 Å². The minimum atomic E-state index is 0. The molecule has 0 aliphatic heterocycles. The van der Waals surface area contributed by atoms with Gasteiger partial charge in [-0.3, -0.25) is 9.98 Å². The average molecular weight is 422 g/mol. The third-order valence-corrected chi connectivity index (χ3v) is 4.07. The van der Waals surface area contributed by atoms with Crippen LogP contribution in [0.5, 0.6) is 0 Å². The van der Waals surface area contributed by atoms with Crippen molar-refractivity contribution in [2.45, 2.75) is 31.8 Å². The monoisotopic (exact) mass is 422 g/mol. The van der Waals surface area contributed by atoms with Gasteiger partial charge in [0.25, 0.3) is 0 Å². The zero-order chi connectivity index (χ0) is 15.2. The standard InChI is InChI=1S/C18H22N4.HI/c1-19-18(21-13-17-8-4-5-11-20-17)22-16-10-9-14-6-2-3-7-15(14)12-16;/h2-8,11,16H,9-10,12-13H2,1H3,(H2,19,21,22);1H. The predicted molar refractivity (Wildman–Crippen MR) is 105 cm³/mol. The number of benzene rings is 1. The van der Waals surface area contributed by atoms with Gasteiger partial charge in [0.05, 0.1) is 12.2 Å². The van der Waals surface area contributed by atoms with Crippen molar-refractivity contribution in [1.29, 1.82) is 0 Å². The van der Waals surface area contributed by atoms with Crippen LogP contribution in [0.3, 0.4) is 0 Å². The summed E-state index contributed by atoms with van der Waals surface area (Å²) in [5, 5.41) is 6.86. The Morgan fingerprint density at radius 2 is 1.96 bits per heavy atom. The SMILES string of the molecule is CN=C(NCc1ccccn1)NC1CCc2ccccc2C1.I. The molecule has 0 bridgehead atoms. The van der Waals surface area contributed by atoms with Crippen molar-refractivity contribution < 1.29 is 0 Å². The molecule has 0 spiro atoms. The van der Waals surface area contributed by atoms with E-state index in [9.17, 15) is 0 Å². The van der Waals surface area contributed by atoms with Crippen molar-refractivity contribution in [2.24, 2.45) is 4.99 Å². The van der Waals surface area contributed by atoms with Crippen LogP contribution in [0, 0.1) is 0 Å². The van der Waals surface area contributed by atoms with E-state index < -0.39 is 0 Å². The normalized spacial score (nSPS) is 16.9. The average Bonchev–Trinajstić information content (AvgIpc) is 2.59. The number of rotatable bonds is 3. The molecule has 0 fully saturated rings. The van der Waals surface area contributed by atoms with Crippen LogP contribution in [0.1, 0.15) is 23.2 Å². The van der Waals surface area contributed by atoms with Crippen molar-refractivity contribution in [3.05, 3.63) is 65.5 Å². The van der Waals surface area contributed by atoms with Crippen molar-refractivity contribution in [2.75, 3.05) is 7.05 Å². The largest absolute Gasteiger partial charge is 0.353 e. The highest BCUT2D eigenvalue weighted by molar-refractivity contribution is 14.0. The highest BCUT2D eigenvalue weighted by Crippen LogP contribution is 2.20. The second-order valence-electron chi connectivity index (χ2n) is 5.60. The minimum Gasteiger partial charge on any atom is -0.353 e. The zero-order valence-electron chi connectivity index (χ0n) is 13.3. The number of nitrogens with one attached hydrogen (secondary N) is 2. The van der Waals surface area contributed by atoms with Crippen LogP contribution in [0.25, 0.3) is 0 Å². The number of fused-ring (bicyclic) bond motifs is 1. The lowest BCUT2D eigenvalue weighted by Crippen LogP contribution is -2.45.